The Balaban J connectivity index is 2.11. The summed E-state index contributed by atoms with van der Waals surface area (Å²) in [4.78, 5) is 15.5. The van der Waals surface area contributed by atoms with Crippen LogP contribution in [0.25, 0.3) is 0 Å². The molecule has 4 heteroatoms. The van der Waals surface area contributed by atoms with Crippen LogP contribution in [0.4, 0.5) is 0 Å². The van der Waals surface area contributed by atoms with Gasteiger partial charge in [0.2, 0.25) is 5.88 Å². The highest BCUT2D eigenvalue weighted by molar-refractivity contribution is 6.30. The van der Waals surface area contributed by atoms with Crippen molar-refractivity contribution < 1.29 is 9.53 Å². The fourth-order valence-electron chi connectivity index (χ4n) is 1.15. The maximum atomic E-state index is 11.6. The van der Waals surface area contributed by atoms with Crippen LogP contribution >= 0.6 is 11.6 Å². The summed E-state index contributed by atoms with van der Waals surface area (Å²) in [5.74, 6) is -0.200. The number of carbonyl (C=O) groups is 1. The van der Waals surface area contributed by atoms with Crippen molar-refractivity contribution in [2.75, 3.05) is 0 Å². The monoisotopic (exact) mass is 233 g/mol. The molecule has 0 fully saturated rings. The van der Waals surface area contributed by atoms with Crippen molar-refractivity contribution in [3.63, 3.8) is 0 Å². The van der Waals surface area contributed by atoms with Gasteiger partial charge in [0.25, 0.3) is 0 Å². The van der Waals surface area contributed by atoms with Crippen LogP contribution in [-0.2, 0) is 0 Å². The van der Waals surface area contributed by atoms with Gasteiger partial charge < -0.3 is 4.74 Å². The third-order valence-corrected chi connectivity index (χ3v) is 2.13. The first-order valence-electron chi connectivity index (χ1n) is 4.64. The lowest BCUT2D eigenvalue weighted by Crippen LogP contribution is -2.08. The van der Waals surface area contributed by atoms with Crippen molar-refractivity contribution >= 4 is 17.6 Å². The number of benzene rings is 1. The first-order valence-corrected chi connectivity index (χ1v) is 5.02. The molecule has 80 valence electrons. The summed E-state index contributed by atoms with van der Waals surface area (Å²) in [5, 5.41) is 0.500. The van der Waals surface area contributed by atoms with Crippen molar-refractivity contribution in [2.45, 2.75) is 0 Å². The summed E-state index contributed by atoms with van der Waals surface area (Å²) in [6, 6.07) is 11.9. The smallest absolute Gasteiger partial charge is 0.344 e. The maximum absolute atomic E-state index is 11.6. The highest BCUT2D eigenvalue weighted by Gasteiger charge is 2.07. The Morgan fingerprint density at radius 1 is 1.12 bits per heavy atom. The van der Waals surface area contributed by atoms with Crippen LogP contribution in [0.1, 0.15) is 10.4 Å². The molecule has 3 nitrogen and oxygen atoms in total. The Bertz CT molecular complexity index is 482. The third-order valence-electron chi connectivity index (χ3n) is 1.91. The molecule has 0 aliphatic carbocycles. The van der Waals surface area contributed by atoms with E-state index in [4.69, 9.17) is 16.3 Å². The number of rotatable bonds is 2. The average Bonchev–Trinajstić information content (AvgIpc) is 2.33. The van der Waals surface area contributed by atoms with E-state index in [1.54, 1.807) is 36.4 Å². The molecule has 0 saturated heterocycles. The van der Waals surface area contributed by atoms with Gasteiger partial charge in [-0.3, -0.25) is 0 Å². The predicted octanol–water partition coefficient (Wildman–Crippen LogP) is 2.95. The van der Waals surface area contributed by atoms with E-state index >= 15 is 0 Å². The minimum absolute atomic E-state index is 0.234. The Morgan fingerprint density at radius 3 is 2.50 bits per heavy atom. The number of nitrogens with zero attached hydrogens (tertiary/aromatic N) is 1. The third kappa shape index (κ3) is 2.58. The van der Waals surface area contributed by atoms with E-state index in [0.717, 1.165) is 0 Å². The van der Waals surface area contributed by atoms with Crippen LogP contribution < -0.4 is 4.74 Å². The molecule has 0 radical (unpaired) electrons. The molecule has 1 aromatic heterocycles. The number of hydrogen-bond acceptors (Lipinski definition) is 3. The van der Waals surface area contributed by atoms with Crippen molar-refractivity contribution in [2.24, 2.45) is 0 Å². The van der Waals surface area contributed by atoms with Gasteiger partial charge >= 0.3 is 5.97 Å². The van der Waals surface area contributed by atoms with Crippen molar-refractivity contribution in [3.8, 4) is 5.88 Å². The van der Waals surface area contributed by atoms with Gasteiger partial charge in [-0.1, -0.05) is 29.8 Å². The highest BCUT2D eigenvalue weighted by atomic mass is 35.5. The van der Waals surface area contributed by atoms with Gasteiger partial charge in [-0.05, 0) is 18.2 Å². The van der Waals surface area contributed by atoms with Crippen molar-refractivity contribution in [1.29, 1.82) is 0 Å². The normalized spacial score (nSPS) is 9.81. The summed E-state index contributed by atoms with van der Waals surface area (Å²) in [6.07, 6.45) is 1.43. The highest BCUT2D eigenvalue weighted by Crippen LogP contribution is 2.13. The topological polar surface area (TPSA) is 39.2 Å². The molecule has 1 aromatic carbocycles. The molecule has 0 saturated carbocycles. The number of halogens is 1. The first-order chi connectivity index (χ1) is 7.75. The van der Waals surface area contributed by atoms with Gasteiger partial charge in [0, 0.05) is 12.3 Å². The standard InChI is InChI=1S/C12H8ClNO2/c13-10-6-7-11(14-8-10)16-12(15)9-4-2-1-3-5-9/h1-8H. The second-order valence-electron chi connectivity index (χ2n) is 3.07. The summed E-state index contributed by atoms with van der Waals surface area (Å²) < 4.78 is 5.05. The van der Waals surface area contributed by atoms with Gasteiger partial charge in [0.1, 0.15) is 0 Å². The van der Waals surface area contributed by atoms with Crippen LogP contribution in [0.3, 0.4) is 0 Å². The second kappa shape index (κ2) is 4.77. The van der Waals surface area contributed by atoms with Crippen LogP contribution in [0.2, 0.25) is 5.02 Å². The molecule has 0 aliphatic rings. The van der Waals surface area contributed by atoms with Gasteiger partial charge in [-0.2, -0.15) is 0 Å². The van der Waals surface area contributed by atoms with Crippen LogP contribution in [-0.4, -0.2) is 11.0 Å². The fraction of sp³-hybridized carbons (Fsp3) is 0. The Labute approximate surface area is 97.7 Å². The van der Waals surface area contributed by atoms with E-state index in [1.165, 1.54) is 6.20 Å². The Morgan fingerprint density at radius 2 is 1.88 bits per heavy atom. The number of esters is 1. The molecule has 0 bridgehead atoms. The molecule has 1 heterocycles. The zero-order valence-electron chi connectivity index (χ0n) is 8.26. The van der Waals surface area contributed by atoms with Gasteiger partial charge in [-0.25, -0.2) is 9.78 Å². The van der Waals surface area contributed by atoms with Crippen LogP contribution in [0.15, 0.2) is 48.7 Å². The van der Waals surface area contributed by atoms with Crippen LogP contribution in [0.5, 0.6) is 5.88 Å². The largest absolute Gasteiger partial charge is 0.404 e. The lowest BCUT2D eigenvalue weighted by molar-refractivity contribution is 0.0727. The van der Waals surface area contributed by atoms with Crippen LogP contribution in [0, 0.1) is 0 Å². The molecule has 16 heavy (non-hydrogen) atoms. The van der Waals surface area contributed by atoms with Crippen molar-refractivity contribution in [1.82, 2.24) is 4.98 Å². The Kier molecular flexibility index (Phi) is 3.17. The molecular formula is C12H8ClNO2. The molecular weight excluding hydrogens is 226 g/mol. The molecule has 0 unspecified atom stereocenters. The van der Waals surface area contributed by atoms with E-state index in [-0.39, 0.29) is 5.88 Å². The first kappa shape index (κ1) is 10.6. The molecule has 0 aliphatic heterocycles. The van der Waals surface area contributed by atoms with Gasteiger partial charge in [0.15, 0.2) is 0 Å². The summed E-state index contributed by atoms with van der Waals surface area (Å²) >= 11 is 5.66. The molecule has 0 spiro atoms. The lowest BCUT2D eigenvalue weighted by atomic mass is 10.2. The van der Waals surface area contributed by atoms with Gasteiger partial charge in [-0.15, -0.1) is 0 Å². The van der Waals surface area contributed by atoms with E-state index in [0.29, 0.717) is 10.6 Å². The molecule has 0 atom stereocenters. The Hall–Kier alpha value is -1.87. The van der Waals surface area contributed by atoms with E-state index in [9.17, 15) is 4.79 Å². The zero-order valence-corrected chi connectivity index (χ0v) is 9.02. The number of hydrogen-bond donors (Lipinski definition) is 0. The minimum atomic E-state index is -0.435. The lowest BCUT2D eigenvalue weighted by Gasteiger charge is -2.02. The number of carbonyl (C=O) groups excluding carboxylic acids is 1. The number of aromatic nitrogens is 1. The zero-order chi connectivity index (χ0) is 11.4. The molecule has 0 amide bonds. The summed E-state index contributed by atoms with van der Waals surface area (Å²) in [5.41, 5.74) is 0.485. The summed E-state index contributed by atoms with van der Waals surface area (Å²) in [6.45, 7) is 0. The number of pyridine rings is 1. The molecule has 2 aromatic rings. The SMILES string of the molecule is O=C(Oc1ccc(Cl)cn1)c1ccccc1. The van der Waals surface area contributed by atoms with E-state index in [2.05, 4.69) is 4.98 Å². The number of ether oxygens (including phenoxy) is 1. The summed E-state index contributed by atoms with van der Waals surface area (Å²) in [7, 11) is 0. The minimum Gasteiger partial charge on any atom is -0.404 e. The van der Waals surface area contributed by atoms with Crippen molar-refractivity contribution in [3.05, 3.63) is 59.2 Å². The predicted molar refractivity (Wildman–Crippen MR) is 60.6 cm³/mol. The quantitative estimate of drug-likeness (QED) is 0.749. The second-order valence-corrected chi connectivity index (χ2v) is 3.51. The van der Waals surface area contributed by atoms with Gasteiger partial charge in [0.05, 0.1) is 10.6 Å². The van der Waals surface area contributed by atoms with E-state index in [1.807, 2.05) is 6.07 Å². The fourth-order valence-corrected chi connectivity index (χ4v) is 1.26. The molecule has 0 N–H and O–H groups in total. The van der Waals surface area contributed by atoms with E-state index < -0.39 is 5.97 Å². The average molecular weight is 234 g/mol. The maximum Gasteiger partial charge on any atom is 0.344 e. The molecule has 2 rings (SSSR count).